The highest BCUT2D eigenvalue weighted by Crippen LogP contribution is 2.19. The van der Waals surface area contributed by atoms with E-state index in [1.54, 1.807) is 0 Å². The molecule has 0 aromatic rings. The van der Waals surface area contributed by atoms with Gasteiger partial charge in [-0.1, -0.05) is 19.1 Å². The summed E-state index contributed by atoms with van der Waals surface area (Å²) < 4.78 is 81.3. The van der Waals surface area contributed by atoms with E-state index < -0.39 is 38.0 Å². The zero-order valence-electron chi connectivity index (χ0n) is 15.2. The quantitative estimate of drug-likeness (QED) is 0.569. The average molecular weight is 138 g/mol. The zero-order valence-corrected chi connectivity index (χ0v) is 5.19. The van der Waals surface area contributed by atoms with Crippen molar-refractivity contribution in [3.63, 3.8) is 0 Å². The minimum absolute atomic E-state index is 0.215. The summed E-state index contributed by atoms with van der Waals surface area (Å²) in [6.07, 6.45) is -17.9. The Hall–Kier alpha value is -0.0400. The molecule has 9 heavy (non-hydrogen) atoms. The van der Waals surface area contributed by atoms with Gasteiger partial charge in [-0.2, -0.15) is 0 Å². The van der Waals surface area contributed by atoms with Crippen LogP contribution in [0, 0.1) is 0 Å². The lowest BCUT2D eigenvalue weighted by Gasteiger charge is -2.20. The summed E-state index contributed by atoms with van der Waals surface area (Å²) in [5.41, 5.74) is 0. The maximum Gasteiger partial charge on any atom is 0.0603 e. The standard InChI is InChI=1S/C8H16O/c1-2-9-8-6-4-3-5-7-8/h8H,2-7H2,1H3/i3D2,4D2,5D2,6D,7D2,8D. The molecule has 0 spiro atoms. The largest absolute Gasteiger partial charge is 0.379 e. The van der Waals surface area contributed by atoms with Gasteiger partial charge in [0.15, 0.2) is 0 Å². The fraction of sp³-hybridized carbons (Fsp3) is 1.00. The van der Waals surface area contributed by atoms with Gasteiger partial charge in [0.1, 0.15) is 0 Å². The Morgan fingerprint density at radius 2 is 2.56 bits per heavy atom. The smallest absolute Gasteiger partial charge is 0.0603 e. The second-order valence-corrected chi connectivity index (χ2v) is 1.46. The van der Waals surface area contributed by atoms with Crippen LogP contribution in [-0.4, -0.2) is 12.7 Å². The summed E-state index contributed by atoms with van der Waals surface area (Å²) in [4.78, 5) is 0. The van der Waals surface area contributed by atoms with E-state index in [0.717, 1.165) is 0 Å². The molecular formula is C8H16O. The van der Waals surface area contributed by atoms with E-state index in [0.29, 0.717) is 0 Å². The van der Waals surface area contributed by atoms with Crippen LogP contribution in [0.4, 0.5) is 0 Å². The zero-order chi connectivity index (χ0) is 15.5. The average Bonchev–Trinajstić information content (AvgIpc) is 2.25. The number of hydrogen-bond donors (Lipinski definition) is 0. The number of hydrogen-bond acceptors (Lipinski definition) is 1. The van der Waals surface area contributed by atoms with Gasteiger partial charge in [0.25, 0.3) is 0 Å². The van der Waals surface area contributed by atoms with Crippen LogP contribution >= 0.6 is 0 Å². The Labute approximate surface area is 71.5 Å². The first kappa shape index (κ1) is 1.58. The van der Waals surface area contributed by atoms with Gasteiger partial charge >= 0.3 is 0 Å². The molecule has 0 heterocycles. The lowest BCUT2D eigenvalue weighted by molar-refractivity contribution is 0.0368. The van der Waals surface area contributed by atoms with Crippen LogP contribution in [0.15, 0.2) is 0 Å². The maximum atomic E-state index is 7.89. The molecule has 1 rings (SSSR count). The van der Waals surface area contributed by atoms with Crippen LogP contribution in [0.25, 0.3) is 0 Å². The summed E-state index contributed by atoms with van der Waals surface area (Å²) >= 11 is 0. The highest BCUT2D eigenvalue weighted by Gasteiger charge is 2.11. The predicted octanol–water partition coefficient (Wildman–Crippen LogP) is 2.36. The second kappa shape index (κ2) is 3.89. The molecule has 1 saturated carbocycles. The third-order valence-electron chi connectivity index (χ3n) is 0.823. The Kier molecular flexibility index (Phi) is 0.682. The van der Waals surface area contributed by atoms with Gasteiger partial charge in [-0.15, -0.1) is 0 Å². The topological polar surface area (TPSA) is 9.23 Å². The van der Waals surface area contributed by atoms with Gasteiger partial charge in [-0.05, 0) is 19.7 Å². The molecule has 1 aliphatic carbocycles. The summed E-state index contributed by atoms with van der Waals surface area (Å²) in [6.45, 7) is 1.20. The lowest BCUT2D eigenvalue weighted by Crippen LogP contribution is -2.15. The van der Waals surface area contributed by atoms with Gasteiger partial charge in [0, 0.05) is 18.9 Å². The molecule has 2 atom stereocenters. The van der Waals surface area contributed by atoms with E-state index in [4.69, 9.17) is 18.4 Å². The third kappa shape index (κ3) is 2.35. The van der Waals surface area contributed by atoms with Crippen molar-refractivity contribution in [2.24, 2.45) is 0 Å². The molecule has 0 aromatic heterocycles. The van der Waals surface area contributed by atoms with Crippen LogP contribution < -0.4 is 0 Å². The predicted molar refractivity (Wildman–Crippen MR) is 38.5 cm³/mol. The molecule has 2 unspecified atom stereocenters. The van der Waals surface area contributed by atoms with E-state index in [-0.39, 0.29) is 6.61 Å². The van der Waals surface area contributed by atoms with Crippen molar-refractivity contribution in [1.82, 2.24) is 0 Å². The Bertz CT molecular complexity index is 367. The fourth-order valence-electron chi connectivity index (χ4n) is 0.500. The minimum atomic E-state index is -3.32. The van der Waals surface area contributed by atoms with Gasteiger partial charge in [0.2, 0.25) is 0 Å². The van der Waals surface area contributed by atoms with E-state index in [1.807, 2.05) is 0 Å². The SMILES string of the molecule is [2H]C1C([2H])([2H])C([2H])([2H])C([2H])([2H])C([2H])([2H])C1([2H])OCC. The monoisotopic (exact) mass is 138 g/mol. The number of rotatable bonds is 2. The van der Waals surface area contributed by atoms with Crippen molar-refractivity contribution in [1.29, 1.82) is 0 Å². The van der Waals surface area contributed by atoms with E-state index in [2.05, 4.69) is 0 Å². The summed E-state index contributed by atoms with van der Waals surface area (Å²) in [5, 5.41) is 0. The van der Waals surface area contributed by atoms with Crippen LogP contribution in [0.2, 0.25) is 0 Å². The van der Waals surface area contributed by atoms with Gasteiger partial charge in [-0.3, -0.25) is 0 Å². The summed E-state index contributed by atoms with van der Waals surface area (Å²) in [6, 6.07) is 0. The van der Waals surface area contributed by atoms with Gasteiger partial charge in [-0.25, -0.2) is 0 Å². The van der Waals surface area contributed by atoms with Crippen LogP contribution in [-0.2, 0) is 4.74 Å². The Balaban J connectivity index is 3.57. The molecular weight excluding hydrogens is 112 g/mol. The van der Waals surface area contributed by atoms with E-state index >= 15 is 0 Å². The van der Waals surface area contributed by atoms with Crippen molar-refractivity contribution >= 4 is 0 Å². The van der Waals surface area contributed by atoms with E-state index in [9.17, 15) is 0 Å². The summed E-state index contributed by atoms with van der Waals surface area (Å²) in [5.74, 6) is 0. The molecule has 0 saturated heterocycles. The summed E-state index contributed by atoms with van der Waals surface area (Å²) in [7, 11) is 0. The minimum Gasteiger partial charge on any atom is -0.379 e. The maximum absolute atomic E-state index is 7.89. The van der Waals surface area contributed by atoms with Crippen molar-refractivity contribution in [2.75, 3.05) is 6.61 Å². The van der Waals surface area contributed by atoms with Crippen LogP contribution in [0.5, 0.6) is 0 Å². The van der Waals surface area contributed by atoms with Crippen molar-refractivity contribution in [2.45, 2.75) is 44.9 Å². The van der Waals surface area contributed by atoms with E-state index in [1.165, 1.54) is 6.92 Å². The Morgan fingerprint density at radius 3 is 3.33 bits per heavy atom. The molecule has 1 nitrogen and oxygen atoms in total. The molecule has 0 amide bonds. The molecule has 0 N–H and O–H groups in total. The highest BCUT2D eigenvalue weighted by atomic mass is 16.5. The van der Waals surface area contributed by atoms with Gasteiger partial charge < -0.3 is 4.74 Å². The second-order valence-electron chi connectivity index (χ2n) is 1.46. The molecule has 1 aliphatic rings. The first-order valence-corrected chi connectivity index (χ1v) is 2.78. The third-order valence-corrected chi connectivity index (χ3v) is 0.823. The molecule has 1 heteroatoms. The number of ether oxygens (including phenoxy) is 1. The van der Waals surface area contributed by atoms with Crippen molar-refractivity contribution < 1.29 is 18.4 Å². The molecule has 0 aliphatic heterocycles. The fourth-order valence-corrected chi connectivity index (χ4v) is 0.500. The van der Waals surface area contributed by atoms with Crippen molar-refractivity contribution in [3.8, 4) is 0 Å². The first-order chi connectivity index (χ1) is 8.22. The highest BCUT2D eigenvalue weighted by molar-refractivity contribution is 4.64. The van der Waals surface area contributed by atoms with Crippen LogP contribution in [0.3, 0.4) is 0 Å². The molecule has 54 valence electrons. The van der Waals surface area contributed by atoms with Crippen LogP contribution in [0.1, 0.15) is 52.5 Å². The lowest BCUT2D eigenvalue weighted by atomic mass is 9.98. The molecule has 1 fully saturated rings. The molecule has 0 aromatic carbocycles. The normalized spacial score (nSPS) is 83.4. The molecule has 0 bridgehead atoms. The first-order valence-electron chi connectivity index (χ1n) is 7.85. The van der Waals surface area contributed by atoms with Crippen molar-refractivity contribution in [3.05, 3.63) is 0 Å². The molecule has 0 radical (unpaired) electrons. The van der Waals surface area contributed by atoms with Gasteiger partial charge in [0.05, 0.1) is 7.45 Å². The Morgan fingerprint density at radius 1 is 1.67 bits per heavy atom.